The molecule has 0 fully saturated rings. The van der Waals surface area contributed by atoms with Crippen LogP contribution in [0.2, 0.25) is 0 Å². The molecule has 0 aromatic rings. The Morgan fingerprint density at radius 3 is 2.29 bits per heavy atom. The summed E-state index contributed by atoms with van der Waals surface area (Å²) in [5.41, 5.74) is -1.37. The van der Waals surface area contributed by atoms with E-state index in [9.17, 15) is 9.59 Å². The largest absolute Gasteiger partial charge is 0.478 e. The second-order valence-corrected chi connectivity index (χ2v) is 3.47. The first-order chi connectivity index (χ1) is 6.46. The lowest BCUT2D eigenvalue weighted by Crippen LogP contribution is -2.39. The first-order valence-electron chi connectivity index (χ1n) is 4.91. The lowest BCUT2D eigenvalue weighted by Gasteiger charge is -2.23. The van der Waals surface area contributed by atoms with Gasteiger partial charge in [0.1, 0.15) is 0 Å². The van der Waals surface area contributed by atoms with Crippen LogP contribution in [-0.2, 0) is 14.3 Å². The average molecular weight is 202 g/mol. The Balaban J connectivity index is 4.18. The molecule has 0 rings (SSSR count). The van der Waals surface area contributed by atoms with Gasteiger partial charge in [-0.1, -0.05) is 20.3 Å². The highest BCUT2D eigenvalue weighted by Gasteiger charge is 2.35. The van der Waals surface area contributed by atoms with E-state index in [2.05, 4.69) is 0 Å². The summed E-state index contributed by atoms with van der Waals surface area (Å²) in [6.07, 6.45) is 2.20. The molecule has 0 spiro atoms. The van der Waals surface area contributed by atoms with E-state index in [1.54, 1.807) is 6.92 Å². The van der Waals surface area contributed by atoms with Crippen molar-refractivity contribution in [2.24, 2.45) is 0 Å². The quantitative estimate of drug-likeness (QED) is 0.669. The van der Waals surface area contributed by atoms with E-state index in [4.69, 9.17) is 9.84 Å². The van der Waals surface area contributed by atoms with E-state index in [-0.39, 0.29) is 6.42 Å². The molecule has 14 heavy (non-hydrogen) atoms. The van der Waals surface area contributed by atoms with E-state index in [0.29, 0.717) is 6.42 Å². The monoisotopic (exact) mass is 202 g/mol. The summed E-state index contributed by atoms with van der Waals surface area (Å²) in [7, 11) is 0. The van der Waals surface area contributed by atoms with Crippen molar-refractivity contribution in [1.29, 1.82) is 0 Å². The fourth-order valence-corrected chi connectivity index (χ4v) is 0.890. The molecule has 4 nitrogen and oxygen atoms in total. The summed E-state index contributed by atoms with van der Waals surface area (Å²) in [5.74, 6) is -1.52. The summed E-state index contributed by atoms with van der Waals surface area (Å²) < 4.78 is 4.91. The summed E-state index contributed by atoms with van der Waals surface area (Å²) in [5, 5.41) is 8.83. The minimum absolute atomic E-state index is 0.278. The highest BCUT2D eigenvalue weighted by molar-refractivity contribution is 5.81. The molecule has 0 saturated carbocycles. The SMILES string of the molecule is CCCCC(=O)OC(C)(CC)C(=O)O. The number of carbonyl (C=O) groups is 2. The first kappa shape index (κ1) is 12.9. The number of unbranched alkanes of at least 4 members (excludes halogenated alkanes) is 1. The molecule has 1 atom stereocenters. The van der Waals surface area contributed by atoms with E-state index in [1.165, 1.54) is 6.92 Å². The fraction of sp³-hybridized carbons (Fsp3) is 0.800. The Morgan fingerprint density at radius 2 is 1.93 bits per heavy atom. The molecule has 1 N–H and O–H groups in total. The molecule has 0 saturated heterocycles. The van der Waals surface area contributed by atoms with Crippen LogP contribution in [0.3, 0.4) is 0 Å². The number of rotatable bonds is 6. The molecule has 0 bridgehead atoms. The zero-order valence-electron chi connectivity index (χ0n) is 9.00. The van der Waals surface area contributed by atoms with Gasteiger partial charge in [0, 0.05) is 6.42 Å². The lowest BCUT2D eigenvalue weighted by molar-refractivity contribution is -0.177. The van der Waals surface area contributed by atoms with Gasteiger partial charge in [0.25, 0.3) is 0 Å². The average Bonchev–Trinajstić information content (AvgIpc) is 2.14. The third-order valence-electron chi connectivity index (χ3n) is 2.20. The van der Waals surface area contributed by atoms with Gasteiger partial charge in [-0.25, -0.2) is 4.79 Å². The summed E-state index contributed by atoms with van der Waals surface area (Å²) in [6, 6.07) is 0. The maximum Gasteiger partial charge on any atom is 0.347 e. The smallest absolute Gasteiger partial charge is 0.347 e. The minimum atomic E-state index is -1.37. The maximum absolute atomic E-state index is 11.2. The predicted octanol–water partition coefficient (Wildman–Crippen LogP) is 1.97. The molecule has 0 radical (unpaired) electrons. The van der Waals surface area contributed by atoms with E-state index >= 15 is 0 Å². The zero-order valence-corrected chi connectivity index (χ0v) is 9.00. The normalized spacial score (nSPS) is 14.5. The molecule has 4 heteroatoms. The van der Waals surface area contributed by atoms with Crippen LogP contribution in [0, 0.1) is 0 Å². The summed E-state index contributed by atoms with van der Waals surface area (Å²) in [4.78, 5) is 22.0. The second-order valence-electron chi connectivity index (χ2n) is 3.47. The van der Waals surface area contributed by atoms with Crippen LogP contribution in [0.5, 0.6) is 0 Å². The maximum atomic E-state index is 11.2. The van der Waals surface area contributed by atoms with Crippen molar-refractivity contribution < 1.29 is 19.4 Å². The van der Waals surface area contributed by atoms with E-state index in [0.717, 1.165) is 12.8 Å². The third kappa shape index (κ3) is 3.77. The lowest BCUT2D eigenvalue weighted by atomic mass is 10.0. The van der Waals surface area contributed by atoms with E-state index < -0.39 is 17.5 Å². The Kier molecular flexibility index (Phi) is 5.20. The number of carboxylic acids is 1. The Labute approximate surface area is 84.3 Å². The number of carboxylic acid groups (broad SMARTS) is 1. The van der Waals surface area contributed by atoms with Crippen LogP contribution in [0.25, 0.3) is 0 Å². The molecule has 0 aliphatic rings. The molecular weight excluding hydrogens is 184 g/mol. The van der Waals surface area contributed by atoms with Gasteiger partial charge in [-0.15, -0.1) is 0 Å². The number of hydrogen-bond donors (Lipinski definition) is 1. The zero-order chi connectivity index (χ0) is 11.2. The van der Waals surface area contributed by atoms with Crippen molar-refractivity contribution in [3.05, 3.63) is 0 Å². The van der Waals surface area contributed by atoms with Gasteiger partial charge in [-0.05, 0) is 19.8 Å². The number of carbonyl (C=O) groups excluding carboxylic acids is 1. The van der Waals surface area contributed by atoms with Gasteiger partial charge in [0.05, 0.1) is 0 Å². The topological polar surface area (TPSA) is 63.6 Å². The number of aliphatic carboxylic acids is 1. The summed E-state index contributed by atoms with van der Waals surface area (Å²) >= 11 is 0. The van der Waals surface area contributed by atoms with Gasteiger partial charge in [0.2, 0.25) is 5.60 Å². The molecule has 1 unspecified atom stereocenters. The molecule has 0 amide bonds. The van der Waals surface area contributed by atoms with Gasteiger partial charge in [0.15, 0.2) is 0 Å². The molecule has 0 aromatic carbocycles. The molecule has 0 aromatic heterocycles. The summed E-state index contributed by atoms with van der Waals surface area (Å²) in [6.45, 7) is 5.06. The van der Waals surface area contributed by atoms with Crippen molar-refractivity contribution in [1.82, 2.24) is 0 Å². The van der Waals surface area contributed by atoms with Gasteiger partial charge in [-0.2, -0.15) is 0 Å². The van der Waals surface area contributed by atoms with Crippen LogP contribution in [0.4, 0.5) is 0 Å². The van der Waals surface area contributed by atoms with Crippen molar-refractivity contribution in [2.75, 3.05) is 0 Å². The molecule has 0 aliphatic carbocycles. The molecule has 0 heterocycles. The number of ether oxygens (including phenoxy) is 1. The predicted molar refractivity (Wildman–Crippen MR) is 51.9 cm³/mol. The Morgan fingerprint density at radius 1 is 1.36 bits per heavy atom. The van der Waals surface area contributed by atoms with Crippen molar-refractivity contribution in [3.8, 4) is 0 Å². The van der Waals surface area contributed by atoms with Crippen LogP contribution in [0.15, 0.2) is 0 Å². The van der Waals surface area contributed by atoms with Gasteiger partial charge in [-0.3, -0.25) is 4.79 Å². The second kappa shape index (κ2) is 5.62. The Bertz CT molecular complexity index is 212. The van der Waals surface area contributed by atoms with Crippen LogP contribution >= 0.6 is 0 Å². The fourth-order valence-electron chi connectivity index (χ4n) is 0.890. The molecule has 82 valence electrons. The molecule has 0 aliphatic heterocycles. The van der Waals surface area contributed by atoms with Crippen molar-refractivity contribution >= 4 is 11.9 Å². The van der Waals surface area contributed by atoms with Gasteiger partial charge < -0.3 is 9.84 Å². The third-order valence-corrected chi connectivity index (χ3v) is 2.20. The standard InChI is InChI=1S/C10H18O4/c1-4-6-7-8(11)14-10(3,5-2)9(12)13/h4-7H2,1-3H3,(H,12,13). The van der Waals surface area contributed by atoms with Crippen LogP contribution < -0.4 is 0 Å². The number of esters is 1. The van der Waals surface area contributed by atoms with Crippen LogP contribution in [0.1, 0.15) is 46.5 Å². The highest BCUT2D eigenvalue weighted by atomic mass is 16.6. The highest BCUT2D eigenvalue weighted by Crippen LogP contribution is 2.16. The Hall–Kier alpha value is -1.06. The van der Waals surface area contributed by atoms with Gasteiger partial charge >= 0.3 is 11.9 Å². The number of hydrogen-bond acceptors (Lipinski definition) is 3. The molecular formula is C10H18O4. The van der Waals surface area contributed by atoms with Crippen molar-refractivity contribution in [3.63, 3.8) is 0 Å². The minimum Gasteiger partial charge on any atom is -0.478 e. The van der Waals surface area contributed by atoms with E-state index in [1.807, 2.05) is 6.92 Å². The van der Waals surface area contributed by atoms with Crippen molar-refractivity contribution in [2.45, 2.75) is 52.1 Å². The van der Waals surface area contributed by atoms with Crippen LogP contribution in [-0.4, -0.2) is 22.6 Å². The first-order valence-corrected chi connectivity index (χ1v) is 4.91.